The van der Waals surface area contributed by atoms with Crippen LogP contribution in [0.5, 0.6) is 0 Å². The minimum absolute atomic E-state index is 0.0861. The van der Waals surface area contributed by atoms with Crippen LogP contribution in [0.4, 0.5) is 4.79 Å². The maximum atomic E-state index is 12.7. The van der Waals surface area contributed by atoms with Crippen molar-refractivity contribution in [3.05, 3.63) is 0 Å². The van der Waals surface area contributed by atoms with E-state index in [0.717, 1.165) is 32.1 Å². The molecule has 11 nitrogen and oxygen atoms in total. The van der Waals surface area contributed by atoms with Crippen LogP contribution in [0.25, 0.3) is 0 Å². The fourth-order valence-electron chi connectivity index (χ4n) is 6.04. The first-order valence-electron chi connectivity index (χ1n) is 21.8. The molecule has 0 fully saturated rings. The number of rotatable bonds is 38. The molecule has 0 aromatic rings. The molecule has 0 aliphatic heterocycles. The van der Waals surface area contributed by atoms with Gasteiger partial charge in [-0.2, -0.15) is 0 Å². The summed E-state index contributed by atoms with van der Waals surface area (Å²) in [7, 11) is -4.56. The highest BCUT2D eigenvalue weighted by Crippen LogP contribution is 2.43. The number of phosphoric ester groups is 1. The number of alkyl carbamates (subject to hydrolysis) is 1. The monoisotopic (exact) mass is 792 g/mol. The topological polar surface area (TPSA) is 147 Å². The molecule has 0 rings (SSSR count). The van der Waals surface area contributed by atoms with E-state index >= 15 is 0 Å². The Balaban J connectivity index is 4.51. The molecule has 0 bridgehead atoms. The summed E-state index contributed by atoms with van der Waals surface area (Å²) in [6, 6.07) is 0. The van der Waals surface area contributed by atoms with Crippen LogP contribution in [0.2, 0.25) is 0 Å². The van der Waals surface area contributed by atoms with E-state index in [1.54, 1.807) is 20.8 Å². The van der Waals surface area contributed by atoms with E-state index in [-0.39, 0.29) is 32.6 Å². The molecule has 54 heavy (non-hydrogen) atoms. The van der Waals surface area contributed by atoms with Gasteiger partial charge in [0.15, 0.2) is 6.10 Å². The summed E-state index contributed by atoms with van der Waals surface area (Å²) in [5, 5.41) is 2.43. The first-order valence-corrected chi connectivity index (χ1v) is 23.3. The minimum Gasteiger partial charge on any atom is -0.462 e. The highest BCUT2D eigenvalue weighted by atomic mass is 31.2. The number of unbranched alkanes of at least 4 members (excludes halogenated alkanes) is 24. The van der Waals surface area contributed by atoms with Crippen LogP contribution in [0.1, 0.15) is 214 Å². The zero-order valence-electron chi connectivity index (χ0n) is 35.3. The lowest BCUT2D eigenvalue weighted by Crippen LogP contribution is -2.34. The number of hydrogen-bond donors (Lipinski definition) is 2. The average Bonchev–Trinajstić information content (AvgIpc) is 3.11. The van der Waals surface area contributed by atoms with Crippen molar-refractivity contribution in [2.75, 3.05) is 26.4 Å². The normalized spacial score (nSPS) is 13.3. The molecule has 0 saturated heterocycles. The van der Waals surface area contributed by atoms with Crippen molar-refractivity contribution in [2.45, 2.75) is 226 Å². The van der Waals surface area contributed by atoms with Crippen LogP contribution < -0.4 is 5.32 Å². The van der Waals surface area contributed by atoms with Crippen molar-refractivity contribution in [3.8, 4) is 0 Å². The molecular weight excluding hydrogens is 709 g/mol. The maximum absolute atomic E-state index is 12.7. The molecule has 0 aliphatic rings. The Labute approximate surface area is 330 Å². The summed E-state index contributed by atoms with van der Waals surface area (Å²) in [6.45, 7) is 8.46. The van der Waals surface area contributed by atoms with E-state index in [0.29, 0.717) is 12.8 Å². The molecular formula is C42H82NO10P. The second-order valence-electron chi connectivity index (χ2n) is 15.8. The fourth-order valence-corrected chi connectivity index (χ4v) is 6.79. The first-order chi connectivity index (χ1) is 25.9. The Morgan fingerprint density at radius 1 is 0.574 bits per heavy atom. The van der Waals surface area contributed by atoms with Crippen molar-refractivity contribution in [3.63, 3.8) is 0 Å². The average molecular weight is 792 g/mol. The molecule has 0 radical (unpaired) electrons. The molecule has 0 heterocycles. The van der Waals surface area contributed by atoms with Gasteiger partial charge in [0, 0.05) is 19.4 Å². The predicted octanol–water partition coefficient (Wildman–Crippen LogP) is 12.1. The summed E-state index contributed by atoms with van der Waals surface area (Å²) < 4.78 is 38.6. The van der Waals surface area contributed by atoms with Crippen molar-refractivity contribution in [2.24, 2.45) is 0 Å². The molecule has 2 N–H and O–H groups in total. The largest absolute Gasteiger partial charge is 0.472 e. The number of esters is 2. The van der Waals surface area contributed by atoms with Gasteiger partial charge in [-0.3, -0.25) is 18.6 Å². The highest BCUT2D eigenvalue weighted by molar-refractivity contribution is 7.47. The van der Waals surface area contributed by atoms with Crippen molar-refractivity contribution in [1.29, 1.82) is 0 Å². The quantitative estimate of drug-likeness (QED) is 0.0268. The van der Waals surface area contributed by atoms with Gasteiger partial charge in [0.1, 0.15) is 12.2 Å². The highest BCUT2D eigenvalue weighted by Gasteiger charge is 2.26. The Kier molecular flexibility index (Phi) is 34.6. The van der Waals surface area contributed by atoms with Gasteiger partial charge in [0.2, 0.25) is 0 Å². The number of carbonyl (C=O) groups is 3. The van der Waals surface area contributed by atoms with Gasteiger partial charge in [-0.05, 0) is 33.6 Å². The number of carbonyl (C=O) groups excluding carboxylic acids is 3. The van der Waals surface area contributed by atoms with E-state index < -0.39 is 44.2 Å². The van der Waals surface area contributed by atoms with Crippen molar-refractivity contribution < 1.29 is 47.1 Å². The van der Waals surface area contributed by atoms with Gasteiger partial charge in [0.05, 0.1) is 13.2 Å². The molecule has 0 saturated carbocycles. The van der Waals surface area contributed by atoms with Crippen molar-refractivity contribution in [1.82, 2.24) is 5.32 Å². The number of amides is 1. The van der Waals surface area contributed by atoms with Crippen molar-refractivity contribution >= 4 is 25.9 Å². The van der Waals surface area contributed by atoms with E-state index in [1.807, 2.05) is 0 Å². The second-order valence-corrected chi connectivity index (χ2v) is 17.3. The van der Waals surface area contributed by atoms with Gasteiger partial charge in [-0.1, -0.05) is 168 Å². The summed E-state index contributed by atoms with van der Waals surface area (Å²) in [6.07, 6.45) is 29.9. The number of ether oxygens (including phenoxy) is 3. The first kappa shape index (κ1) is 52.3. The van der Waals surface area contributed by atoms with Gasteiger partial charge in [-0.15, -0.1) is 0 Å². The van der Waals surface area contributed by atoms with Gasteiger partial charge < -0.3 is 24.4 Å². The number of hydrogen-bond acceptors (Lipinski definition) is 9. The van der Waals surface area contributed by atoms with Crippen LogP contribution in [0, 0.1) is 0 Å². The molecule has 1 unspecified atom stereocenters. The fraction of sp³-hybridized carbons (Fsp3) is 0.929. The third-order valence-corrected chi connectivity index (χ3v) is 10.1. The third-order valence-electron chi connectivity index (χ3n) is 9.15. The van der Waals surface area contributed by atoms with Crippen LogP contribution in [-0.4, -0.2) is 61.0 Å². The Morgan fingerprint density at radius 2 is 0.963 bits per heavy atom. The second kappa shape index (κ2) is 35.7. The number of phosphoric acid groups is 1. The smallest absolute Gasteiger partial charge is 0.462 e. The van der Waals surface area contributed by atoms with E-state index in [1.165, 1.54) is 122 Å². The maximum Gasteiger partial charge on any atom is 0.472 e. The van der Waals surface area contributed by atoms with Crippen LogP contribution in [0.15, 0.2) is 0 Å². The predicted molar refractivity (Wildman–Crippen MR) is 217 cm³/mol. The van der Waals surface area contributed by atoms with Gasteiger partial charge in [-0.25, -0.2) is 9.36 Å². The van der Waals surface area contributed by atoms with Crippen LogP contribution >= 0.6 is 7.82 Å². The van der Waals surface area contributed by atoms with Crippen LogP contribution in [-0.2, 0) is 37.4 Å². The lowest BCUT2D eigenvalue weighted by atomic mass is 10.0. The Hall–Kier alpha value is -1.68. The molecule has 0 aromatic heterocycles. The molecule has 0 aliphatic carbocycles. The standard InChI is InChI=1S/C42H82NO10P/c1-6-8-10-12-14-16-18-20-22-24-26-28-30-32-39(44)49-36-38(37-51-54(47,48)50-35-34-43-41(46)53-42(3,4)5)52-40(45)33-31-29-27-25-23-21-19-17-15-13-11-9-7-2/h38H,6-37H2,1-5H3,(H,43,46)(H,47,48)/t38-/m1/s1. The summed E-state index contributed by atoms with van der Waals surface area (Å²) >= 11 is 0. The molecule has 1 amide bonds. The lowest BCUT2D eigenvalue weighted by Gasteiger charge is -2.21. The Bertz CT molecular complexity index is 958. The van der Waals surface area contributed by atoms with Gasteiger partial charge in [0.25, 0.3) is 0 Å². The van der Waals surface area contributed by atoms with E-state index in [9.17, 15) is 23.8 Å². The van der Waals surface area contributed by atoms with Crippen LogP contribution in [0.3, 0.4) is 0 Å². The zero-order valence-corrected chi connectivity index (χ0v) is 36.2. The van der Waals surface area contributed by atoms with Gasteiger partial charge >= 0.3 is 25.9 Å². The molecule has 320 valence electrons. The third kappa shape index (κ3) is 38.6. The SMILES string of the molecule is CCCCCCCCCCCCCCCC(=O)OC[C@H](COP(=O)(O)OCCNC(=O)OC(C)(C)C)OC(=O)CCCCCCCCCCCCCCC. The summed E-state index contributed by atoms with van der Waals surface area (Å²) in [5.74, 6) is -0.887. The van der Waals surface area contributed by atoms with E-state index in [2.05, 4.69) is 19.2 Å². The summed E-state index contributed by atoms with van der Waals surface area (Å²) in [4.78, 5) is 47.1. The molecule has 2 atom stereocenters. The number of nitrogens with one attached hydrogen (secondary N) is 1. The molecule has 0 aromatic carbocycles. The summed E-state index contributed by atoms with van der Waals surface area (Å²) in [5.41, 5.74) is -0.685. The van der Waals surface area contributed by atoms with E-state index in [4.69, 9.17) is 23.3 Å². The molecule has 0 spiro atoms. The zero-order chi connectivity index (χ0) is 40.2. The minimum atomic E-state index is -4.56. The molecule has 12 heteroatoms. The Morgan fingerprint density at radius 3 is 1.37 bits per heavy atom. The lowest BCUT2D eigenvalue weighted by molar-refractivity contribution is -0.161.